The summed E-state index contributed by atoms with van der Waals surface area (Å²) in [7, 11) is 0. The Morgan fingerprint density at radius 1 is 0.900 bits per heavy atom. The van der Waals surface area contributed by atoms with Gasteiger partial charge in [0.1, 0.15) is 31.4 Å². The van der Waals surface area contributed by atoms with Crippen molar-refractivity contribution in [3.05, 3.63) is 83.7 Å². The molecule has 7 heteroatoms. The fourth-order valence-corrected chi connectivity index (χ4v) is 3.12. The van der Waals surface area contributed by atoms with E-state index in [1.165, 1.54) is 12.1 Å². The summed E-state index contributed by atoms with van der Waals surface area (Å²) < 4.78 is 29.8. The first-order chi connectivity index (χ1) is 14.7. The van der Waals surface area contributed by atoms with Crippen molar-refractivity contribution in [1.29, 1.82) is 0 Å². The number of ether oxygens (including phenoxy) is 3. The Labute approximate surface area is 179 Å². The Kier molecular flexibility index (Phi) is 6.29. The van der Waals surface area contributed by atoms with E-state index in [1.807, 2.05) is 42.5 Å². The van der Waals surface area contributed by atoms with Gasteiger partial charge < -0.3 is 24.8 Å². The fourth-order valence-electron chi connectivity index (χ4n) is 2.93. The number of rotatable bonds is 6. The molecule has 1 heterocycles. The molecule has 0 atom stereocenters. The third-order valence-corrected chi connectivity index (χ3v) is 4.74. The van der Waals surface area contributed by atoms with Crippen molar-refractivity contribution in [2.45, 2.75) is 13.2 Å². The second-order valence-corrected chi connectivity index (χ2v) is 7.13. The zero-order chi connectivity index (χ0) is 20.8. The van der Waals surface area contributed by atoms with E-state index >= 15 is 0 Å². The molecule has 0 saturated carbocycles. The zero-order valence-corrected chi connectivity index (χ0v) is 17.0. The number of hydrogen-bond acceptors (Lipinski definition) is 4. The molecule has 0 fully saturated rings. The number of fused-ring (bicyclic) bond motifs is 1. The maximum Gasteiger partial charge on any atom is 0.171 e. The molecule has 3 aromatic carbocycles. The van der Waals surface area contributed by atoms with Gasteiger partial charge in [0.05, 0.1) is 0 Å². The summed E-state index contributed by atoms with van der Waals surface area (Å²) in [5.74, 6) is 1.95. The summed E-state index contributed by atoms with van der Waals surface area (Å²) in [5, 5.41) is 6.85. The fraction of sp³-hybridized carbons (Fsp3) is 0.174. The van der Waals surface area contributed by atoms with Crippen LogP contribution in [-0.2, 0) is 13.2 Å². The largest absolute Gasteiger partial charge is 0.489 e. The Balaban J connectivity index is 1.24. The van der Waals surface area contributed by atoms with E-state index in [1.54, 1.807) is 12.1 Å². The van der Waals surface area contributed by atoms with Gasteiger partial charge in [-0.15, -0.1) is 0 Å². The van der Waals surface area contributed by atoms with Gasteiger partial charge in [-0.2, -0.15) is 0 Å². The van der Waals surface area contributed by atoms with E-state index < -0.39 is 0 Å². The number of anilines is 1. The first-order valence-electron chi connectivity index (χ1n) is 9.56. The van der Waals surface area contributed by atoms with Crippen LogP contribution in [0.4, 0.5) is 10.1 Å². The first kappa shape index (κ1) is 20.0. The van der Waals surface area contributed by atoms with Crippen molar-refractivity contribution < 1.29 is 18.6 Å². The molecule has 0 unspecified atom stereocenters. The summed E-state index contributed by atoms with van der Waals surface area (Å²) in [6.07, 6.45) is 0. The molecule has 1 aliphatic rings. The molecule has 0 radical (unpaired) electrons. The predicted octanol–water partition coefficient (Wildman–Crippen LogP) is 4.66. The summed E-state index contributed by atoms with van der Waals surface area (Å²) in [4.78, 5) is 0. The first-order valence-corrected chi connectivity index (χ1v) is 9.97. The Hall–Kier alpha value is -3.32. The van der Waals surface area contributed by atoms with Crippen LogP contribution in [0.15, 0.2) is 66.7 Å². The van der Waals surface area contributed by atoms with E-state index in [-0.39, 0.29) is 5.82 Å². The smallest absolute Gasteiger partial charge is 0.171 e. The van der Waals surface area contributed by atoms with Crippen molar-refractivity contribution in [3.63, 3.8) is 0 Å². The van der Waals surface area contributed by atoms with Gasteiger partial charge in [0.15, 0.2) is 16.6 Å². The molecule has 0 saturated heterocycles. The van der Waals surface area contributed by atoms with Crippen molar-refractivity contribution in [2.75, 3.05) is 18.5 Å². The summed E-state index contributed by atoms with van der Waals surface area (Å²) in [6, 6.07) is 19.7. The second-order valence-electron chi connectivity index (χ2n) is 6.73. The highest BCUT2D eigenvalue weighted by molar-refractivity contribution is 7.80. The average Bonchev–Trinajstić information content (AvgIpc) is 2.78. The van der Waals surface area contributed by atoms with Crippen LogP contribution in [0, 0.1) is 5.82 Å². The van der Waals surface area contributed by atoms with Gasteiger partial charge in [-0.25, -0.2) is 4.39 Å². The van der Waals surface area contributed by atoms with E-state index in [0.29, 0.717) is 37.2 Å². The van der Waals surface area contributed by atoms with Crippen molar-refractivity contribution in [3.8, 4) is 17.2 Å². The van der Waals surface area contributed by atoms with Crippen molar-refractivity contribution in [1.82, 2.24) is 5.32 Å². The molecule has 4 rings (SSSR count). The van der Waals surface area contributed by atoms with Crippen LogP contribution >= 0.6 is 12.2 Å². The number of nitrogens with one attached hydrogen (secondary N) is 2. The zero-order valence-electron chi connectivity index (χ0n) is 16.2. The molecule has 0 aromatic heterocycles. The highest BCUT2D eigenvalue weighted by atomic mass is 32.1. The minimum Gasteiger partial charge on any atom is -0.489 e. The lowest BCUT2D eigenvalue weighted by Crippen LogP contribution is -2.28. The van der Waals surface area contributed by atoms with Crippen LogP contribution in [0.5, 0.6) is 17.2 Å². The number of halogens is 1. The van der Waals surface area contributed by atoms with Crippen LogP contribution in [0.25, 0.3) is 0 Å². The minimum atomic E-state index is -0.253. The normalized spacial score (nSPS) is 12.2. The van der Waals surface area contributed by atoms with Gasteiger partial charge in [0, 0.05) is 18.3 Å². The lowest BCUT2D eigenvalue weighted by Gasteiger charge is -2.19. The van der Waals surface area contributed by atoms with Crippen LogP contribution in [0.2, 0.25) is 0 Å². The highest BCUT2D eigenvalue weighted by Gasteiger charge is 2.12. The van der Waals surface area contributed by atoms with Gasteiger partial charge in [0.2, 0.25) is 0 Å². The number of hydrogen-bond donors (Lipinski definition) is 2. The van der Waals surface area contributed by atoms with E-state index in [0.717, 1.165) is 28.3 Å². The predicted molar refractivity (Wildman–Crippen MR) is 118 cm³/mol. The van der Waals surface area contributed by atoms with Gasteiger partial charge in [-0.1, -0.05) is 24.3 Å². The Bertz CT molecular complexity index is 1010. The molecule has 30 heavy (non-hydrogen) atoms. The van der Waals surface area contributed by atoms with E-state index in [9.17, 15) is 4.39 Å². The third-order valence-electron chi connectivity index (χ3n) is 4.50. The standard InChI is InChI=1S/C23H21FN2O3S/c24-18-5-1-17(2-6-18)15-29-20-8-3-16(4-9-20)14-25-23(30)26-19-7-10-21-22(13-19)28-12-11-27-21/h1-10,13H,11-12,14-15H2,(H2,25,26,30). The quantitative estimate of drug-likeness (QED) is 0.562. The van der Waals surface area contributed by atoms with Crippen LogP contribution in [0.3, 0.4) is 0 Å². The SMILES string of the molecule is Fc1ccc(COc2ccc(CNC(=S)Nc3ccc4c(c3)OCCO4)cc2)cc1. The molecular formula is C23H21FN2O3S. The molecule has 0 aliphatic carbocycles. The monoisotopic (exact) mass is 424 g/mol. The molecular weight excluding hydrogens is 403 g/mol. The topological polar surface area (TPSA) is 51.8 Å². The maximum atomic E-state index is 12.9. The van der Waals surface area contributed by atoms with Crippen LogP contribution in [0.1, 0.15) is 11.1 Å². The van der Waals surface area contributed by atoms with Crippen molar-refractivity contribution >= 4 is 23.0 Å². The highest BCUT2D eigenvalue weighted by Crippen LogP contribution is 2.32. The molecule has 0 bridgehead atoms. The van der Waals surface area contributed by atoms with Crippen molar-refractivity contribution in [2.24, 2.45) is 0 Å². The number of benzene rings is 3. The Morgan fingerprint density at radius 2 is 1.60 bits per heavy atom. The van der Waals surface area contributed by atoms with Gasteiger partial charge in [-0.3, -0.25) is 0 Å². The molecule has 2 N–H and O–H groups in total. The third kappa shape index (κ3) is 5.39. The molecule has 0 amide bonds. The summed E-state index contributed by atoms with van der Waals surface area (Å²) in [5.41, 5.74) is 2.81. The maximum absolute atomic E-state index is 12.9. The van der Waals surface area contributed by atoms with Gasteiger partial charge in [-0.05, 0) is 59.7 Å². The summed E-state index contributed by atoms with van der Waals surface area (Å²) >= 11 is 5.37. The minimum absolute atomic E-state index is 0.253. The molecule has 1 aliphatic heterocycles. The lowest BCUT2D eigenvalue weighted by molar-refractivity contribution is 0.171. The molecule has 0 spiro atoms. The van der Waals surface area contributed by atoms with E-state index in [2.05, 4.69) is 10.6 Å². The van der Waals surface area contributed by atoms with Crippen LogP contribution < -0.4 is 24.8 Å². The molecule has 3 aromatic rings. The number of thiocarbonyl (C=S) groups is 1. The van der Waals surface area contributed by atoms with Crippen LogP contribution in [-0.4, -0.2) is 18.3 Å². The van der Waals surface area contributed by atoms with E-state index in [4.69, 9.17) is 26.4 Å². The summed E-state index contributed by atoms with van der Waals surface area (Å²) in [6.45, 7) is 2.08. The molecule has 5 nitrogen and oxygen atoms in total. The van der Waals surface area contributed by atoms with Gasteiger partial charge >= 0.3 is 0 Å². The molecule has 154 valence electrons. The van der Waals surface area contributed by atoms with Gasteiger partial charge in [0.25, 0.3) is 0 Å². The average molecular weight is 424 g/mol. The second kappa shape index (κ2) is 9.45. The Morgan fingerprint density at radius 3 is 2.37 bits per heavy atom. The lowest BCUT2D eigenvalue weighted by atomic mass is 10.2.